The fraction of sp³-hybridized carbons (Fsp3) is 0.765. The van der Waals surface area contributed by atoms with Crippen molar-refractivity contribution in [2.75, 3.05) is 33.9 Å². The minimum atomic E-state index is -0.0697. The van der Waals surface area contributed by atoms with E-state index in [4.69, 9.17) is 14.0 Å². The SMILES string of the molecule is Cc1noc(C)c1CN1C[C@@H](OCC(=O)N(C)C)[C@H]2OCCC[C@H]21. The van der Waals surface area contributed by atoms with Crippen LogP contribution in [0, 0.1) is 13.8 Å². The van der Waals surface area contributed by atoms with Crippen LogP contribution in [0.25, 0.3) is 0 Å². The molecule has 0 bridgehead atoms. The molecular weight excluding hydrogens is 310 g/mol. The fourth-order valence-electron chi connectivity index (χ4n) is 3.57. The van der Waals surface area contributed by atoms with Gasteiger partial charge < -0.3 is 18.9 Å². The van der Waals surface area contributed by atoms with Crippen LogP contribution in [0.3, 0.4) is 0 Å². The molecule has 134 valence electrons. The summed E-state index contributed by atoms with van der Waals surface area (Å²) in [6.07, 6.45) is 2.12. The van der Waals surface area contributed by atoms with E-state index in [9.17, 15) is 4.79 Å². The number of carbonyl (C=O) groups excluding carboxylic acids is 1. The molecule has 0 unspecified atom stereocenters. The molecule has 0 aliphatic carbocycles. The van der Waals surface area contributed by atoms with Gasteiger partial charge in [0.1, 0.15) is 18.5 Å². The Morgan fingerprint density at radius 1 is 1.42 bits per heavy atom. The van der Waals surface area contributed by atoms with Crippen molar-refractivity contribution >= 4 is 5.91 Å². The van der Waals surface area contributed by atoms with Gasteiger partial charge in [-0.15, -0.1) is 0 Å². The molecule has 0 saturated carbocycles. The van der Waals surface area contributed by atoms with E-state index >= 15 is 0 Å². The van der Waals surface area contributed by atoms with Gasteiger partial charge in [0.05, 0.1) is 11.8 Å². The van der Waals surface area contributed by atoms with Gasteiger partial charge in [-0.2, -0.15) is 0 Å². The first-order chi connectivity index (χ1) is 11.5. The first-order valence-electron chi connectivity index (χ1n) is 8.56. The van der Waals surface area contributed by atoms with Crippen LogP contribution in [0.2, 0.25) is 0 Å². The molecule has 3 rings (SSSR count). The Morgan fingerprint density at radius 3 is 2.88 bits per heavy atom. The quantitative estimate of drug-likeness (QED) is 0.802. The highest BCUT2D eigenvalue weighted by Crippen LogP contribution is 2.32. The molecule has 24 heavy (non-hydrogen) atoms. The van der Waals surface area contributed by atoms with Gasteiger partial charge in [0.15, 0.2) is 0 Å². The highest BCUT2D eigenvalue weighted by atomic mass is 16.5. The zero-order valence-corrected chi connectivity index (χ0v) is 14.9. The van der Waals surface area contributed by atoms with E-state index in [0.29, 0.717) is 6.04 Å². The number of hydrogen-bond acceptors (Lipinski definition) is 6. The van der Waals surface area contributed by atoms with Gasteiger partial charge in [-0.25, -0.2) is 0 Å². The summed E-state index contributed by atoms with van der Waals surface area (Å²) in [5.74, 6) is 0.847. The molecule has 2 aliphatic heterocycles. The second-order valence-corrected chi connectivity index (χ2v) is 6.91. The van der Waals surface area contributed by atoms with Crippen molar-refractivity contribution in [3.63, 3.8) is 0 Å². The monoisotopic (exact) mass is 337 g/mol. The summed E-state index contributed by atoms with van der Waals surface area (Å²) in [5, 5.41) is 4.05. The number of likely N-dealkylation sites (tertiary alicyclic amines) is 1. The Kier molecular flexibility index (Phi) is 5.22. The summed E-state index contributed by atoms with van der Waals surface area (Å²) in [5.41, 5.74) is 2.08. The van der Waals surface area contributed by atoms with Crippen LogP contribution >= 0.6 is 0 Å². The summed E-state index contributed by atoms with van der Waals surface area (Å²) in [6, 6.07) is 0.326. The van der Waals surface area contributed by atoms with Crippen molar-refractivity contribution in [3.8, 4) is 0 Å². The number of ether oxygens (including phenoxy) is 2. The third-order valence-electron chi connectivity index (χ3n) is 5.05. The maximum atomic E-state index is 11.8. The summed E-state index contributed by atoms with van der Waals surface area (Å²) in [4.78, 5) is 15.8. The lowest BCUT2D eigenvalue weighted by Gasteiger charge is -2.32. The predicted octanol–water partition coefficient (Wildman–Crippen LogP) is 1.13. The molecule has 0 spiro atoms. The van der Waals surface area contributed by atoms with Crippen molar-refractivity contribution in [3.05, 3.63) is 17.0 Å². The van der Waals surface area contributed by atoms with Crippen LogP contribution in [0.15, 0.2) is 4.52 Å². The number of rotatable bonds is 5. The third kappa shape index (κ3) is 3.48. The highest BCUT2D eigenvalue weighted by molar-refractivity contribution is 5.76. The maximum absolute atomic E-state index is 11.8. The maximum Gasteiger partial charge on any atom is 0.248 e. The zero-order valence-electron chi connectivity index (χ0n) is 14.9. The smallest absolute Gasteiger partial charge is 0.248 e. The molecule has 7 nitrogen and oxygen atoms in total. The normalized spacial score (nSPS) is 27.2. The van der Waals surface area contributed by atoms with Crippen molar-refractivity contribution in [1.29, 1.82) is 0 Å². The molecule has 2 saturated heterocycles. The topological polar surface area (TPSA) is 68.0 Å². The summed E-state index contributed by atoms with van der Waals surface area (Å²) < 4.78 is 17.2. The van der Waals surface area contributed by atoms with Crippen LogP contribution in [0.5, 0.6) is 0 Å². The molecule has 0 aromatic carbocycles. The first kappa shape index (κ1) is 17.4. The van der Waals surface area contributed by atoms with Crippen molar-refractivity contribution in [1.82, 2.24) is 15.0 Å². The highest BCUT2D eigenvalue weighted by Gasteiger charge is 2.45. The lowest BCUT2D eigenvalue weighted by atomic mass is 10.0. The van der Waals surface area contributed by atoms with E-state index in [2.05, 4.69) is 10.1 Å². The van der Waals surface area contributed by atoms with Gasteiger partial charge in [0, 0.05) is 45.4 Å². The van der Waals surface area contributed by atoms with Crippen LogP contribution in [-0.2, 0) is 20.8 Å². The van der Waals surface area contributed by atoms with E-state index in [1.165, 1.54) is 0 Å². The molecule has 2 aliphatic rings. The molecule has 3 heterocycles. The Hall–Kier alpha value is -1.44. The Bertz CT molecular complexity index is 567. The van der Waals surface area contributed by atoms with Gasteiger partial charge in [0.2, 0.25) is 5.91 Å². The first-order valence-corrected chi connectivity index (χ1v) is 8.56. The number of fused-ring (bicyclic) bond motifs is 1. The van der Waals surface area contributed by atoms with Gasteiger partial charge in [-0.3, -0.25) is 9.69 Å². The minimum absolute atomic E-state index is 0.0217. The molecule has 1 amide bonds. The number of aryl methyl sites for hydroxylation is 2. The molecule has 2 fully saturated rings. The number of nitrogens with zero attached hydrogens (tertiary/aromatic N) is 3. The number of carbonyl (C=O) groups is 1. The number of amides is 1. The Morgan fingerprint density at radius 2 is 2.21 bits per heavy atom. The van der Waals surface area contributed by atoms with E-state index in [-0.39, 0.29) is 24.7 Å². The van der Waals surface area contributed by atoms with Crippen LogP contribution in [0.4, 0.5) is 0 Å². The molecule has 0 N–H and O–H groups in total. The van der Waals surface area contributed by atoms with Crippen molar-refractivity contribution in [2.45, 2.75) is 51.5 Å². The average molecular weight is 337 g/mol. The predicted molar refractivity (Wildman–Crippen MR) is 87.6 cm³/mol. The van der Waals surface area contributed by atoms with Crippen molar-refractivity contribution in [2.24, 2.45) is 0 Å². The molecule has 3 atom stereocenters. The van der Waals surface area contributed by atoms with E-state index in [1.54, 1.807) is 19.0 Å². The number of likely N-dealkylation sites (N-methyl/N-ethyl adjacent to an activating group) is 1. The van der Waals surface area contributed by atoms with Crippen molar-refractivity contribution < 1.29 is 18.8 Å². The fourth-order valence-corrected chi connectivity index (χ4v) is 3.57. The Balaban J connectivity index is 1.68. The van der Waals surface area contributed by atoms with Crippen LogP contribution < -0.4 is 0 Å². The molecule has 7 heteroatoms. The third-order valence-corrected chi connectivity index (χ3v) is 5.05. The largest absolute Gasteiger partial charge is 0.374 e. The van der Waals surface area contributed by atoms with E-state index < -0.39 is 0 Å². The standard InChI is InChI=1S/C17H27N3O4/c1-11-13(12(2)24-18-11)8-20-9-15(23-10-16(21)19(3)4)17-14(20)6-5-7-22-17/h14-15,17H,5-10H2,1-4H3/t14-,15-,17+/m1/s1. The van der Waals surface area contributed by atoms with Gasteiger partial charge in [-0.05, 0) is 26.7 Å². The lowest BCUT2D eigenvalue weighted by molar-refractivity contribution is -0.139. The number of aromatic nitrogens is 1. The molecule has 1 aromatic heterocycles. The second kappa shape index (κ2) is 7.21. The minimum Gasteiger partial charge on any atom is -0.374 e. The molecular formula is C17H27N3O4. The summed E-state index contributed by atoms with van der Waals surface area (Å²) in [7, 11) is 3.48. The average Bonchev–Trinajstić information content (AvgIpc) is 3.08. The zero-order chi connectivity index (χ0) is 17.3. The van der Waals surface area contributed by atoms with E-state index in [0.717, 1.165) is 49.6 Å². The van der Waals surface area contributed by atoms with Gasteiger partial charge in [-0.1, -0.05) is 5.16 Å². The summed E-state index contributed by atoms with van der Waals surface area (Å²) >= 11 is 0. The summed E-state index contributed by atoms with van der Waals surface area (Å²) in [6.45, 7) is 6.34. The van der Waals surface area contributed by atoms with E-state index in [1.807, 2.05) is 13.8 Å². The Labute approximate surface area is 142 Å². The van der Waals surface area contributed by atoms with Crippen LogP contribution in [-0.4, -0.2) is 73.0 Å². The molecule has 0 radical (unpaired) electrons. The number of hydrogen-bond donors (Lipinski definition) is 0. The second-order valence-electron chi connectivity index (χ2n) is 6.91. The molecule has 1 aromatic rings. The lowest BCUT2D eigenvalue weighted by Crippen LogP contribution is -2.42. The van der Waals surface area contributed by atoms with Gasteiger partial charge in [0.25, 0.3) is 0 Å². The van der Waals surface area contributed by atoms with Crippen LogP contribution in [0.1, 0.15) is 29.9 Å². The van der Waals surface area contributed by atoms with Gasteiger partial charge >= 0.3 is 0 Å².